The number of aliphatic hydroxyl groups is 2. The topological polar surface area (TPSA) is 131 Å². The summed E-state index contributed by atoms with van der Waals surface area (Å²) in [6, 6.07) is 28.4. The zero-order valence-corrected chi connectivity index (χ0v) is 26.6. The summed E-state index contributed by atoms with van der Waals surface area (Å²) in [7, 11) is 0. The van der Waals surface area contributed by atoms with Crippen molar-refractivity contribution in [1.82, 2.24) is 16.0 Å². The molecule has 0 spiro atoms. The van der Waals surface area contributed by atoms with Crippen LogP contribution in [0, 0.1) is 0 Å². The lowest BCUT2D eigenvalue weighted by molar-refractivity contribution is -0.120. The zero-order chi connectivity index (χ0) is 32.9. The number of rotatable bonds is 16. The molecule has 2 atom stereocenters. The number of carbonyl (C=O) groups excluding carboxylic acids is 2. The van der Waals surface area contributed by atoms with E-state index in [0.717, 1.165) is 29.5 Å². The highest BCUT2D eigenvalue weighted by Crippen LogP contribution is 2.22. The summed E-state index contributed by atoms with van der Waals surface area (Å²) in [5.74, 6) is -0.198. The molecule has 0 aliphatic heterocycles. The Balaban J connectivity index is 1.17. The van der Waals surface area contributed by atoms with Gasteiger partial charge in [0, 0.05) is 36.8 Å². The summed E-state index contributed by atoms with van der Waals surface area (Å²) in [4.78, 5) is 25.3. The molecule has 46 heavy (non-hydrogen) atoms. The molecule has 0 aromatic heterocycles. The van der Waals surface area contributed by atoms with Crippen molar-refractivity contribution >= 4 is 11.8 Å². The van der Waals surface area contributed by atoms with E-state index in [4.69, 9.17) is 0 Å². The molecule has 6 N–H and O–H groups in total. The van der Waals surface area contributed by atoms with E-state index in [1.807, 2.05) is 43.3 Å². The predicted molar refractivity (Wildman–Crippen MR) is 180 cm³/mol. The van der Waals surface area contributed by atoms with Crippen LogP contribution in [-0.4, -0.2) is 46.3 Å². The van der Waals surface area contributed by atoms with E-state index in [0.29, 0.717) is 42.7 Å². The SMILES string of the molecule is CCc1ccc(CCNC(=O)c2ccc(CNC(=O)Cc3cccc(CC(C)NC[C@H](O)c4ccc(O)c(CO)c4)c3)cc2)cc1. The smallest absolute Gasteiger partial charge is 0.251 e. The standard InChI is InChI=1S/C38H45N3O5/c1-3-27-7-9-28(10-8-27)17-18-39-38(46)32-13-11-29(12-14-32)23-41-37(45)21-31-6-4-5-30(20-31)19-26(2)40-24-36(44)33-15-16-35(43)34(22-33)25-42/h4-16,20,22,26,36,40,42-44H,3,17-19,21,23-25H2,1-2H3,(H,39,46)(H,41,45)/t26?,36-/m0/s1. The van der Waals surface area contributed by atoms with Crippen LogP contribution in [-0.2, 0) is 43.6 Å². The molecule has 0 fully saturated rings. The van der Waals surface area contributed by atoms with Crippen molar-refractivity contribution in [2.75, 3.05) is 13.1 Å². The molecule has 0 radical (unpaired) electrons. The minimum absolute atomic E-state index is 0.00367. The lowest BCUT2D eigenvalue weighted by atomic mass is 10.0. The van der Waals surface area contributed by atoms with Crippen molar-refractivity contribution in [1.29, 1.82) is 0 Å². The van der Waals surface area contributed by atoms with Gasteiger partial charge in [-0.2, -0.15) is 0 Å². The molecule has 0 saturated heterocycles. The van der Waals surface area contributed by atoms with Crippen LogP contribution in [0.4, 0.5) is 0 Å². The highest BCUT2D eigenvalue weighted by Gasteiger charge is 2.13. The summed E-state index contributed by atoms with van der Waals surface area (Å²) < 4.78 is 0. The zero-order valence-electron chi connectivity index (χ0n) is 26.6. The van der Waals surface area contributed by atoms with Crippen LogP contribution in [0.3, 0.4) is 0 Å². The Labute approximate surface area is 271 Å². The second-order valence-electron chi connectivity index (χ2n) is 11.7. The second-order valence-corrected chi connectivity index (χ2v) is 11.7. The summed E-state index contributed by atoms with van der Waals surface area (Å²) in [5.41, 5.74) is 6.99. The molecule has 4 aromatic carbocycles. The second kappa shape index (κ2) is 17.3. The quantitative estimate of drug-likeness (QED) is 0.109. The first kappa shape index (κ1) is 34.4. The van der Waals surface area contributed by atoms with Crippen LogP contribution >= 0.6 is 0 Å². The van der Waals surface area contributed by atoms with Crippen LogP contribution in [0.25, 0.3) is 0 Å². The maximum absolute atomic E-state index is 12.7. The fraction of sp³-hybridized carbons (Fsp3) is 0.316. The third kappa shape index (κ3) is 10.5. The molecule has 0 bridgehead atoms. The van der Waals surface area contributed by atoms with Gasteiger partial charge in [-0.15, -0.1) is 0 Å². The number of nitrogens with one attached hydrogen (secondary N) is 3. The largest absolute Gasteiger partial charge is 0.508 e. The van der Waals surface area contributed by atoms with Crippen LogP contribution in [0.5, 0.6) is 5.75 Å². The fourth-order valence-electron chi connectivity index (χ4n) is 5.25. The highest BCUT2D eigenvalue weighted by atomic mass is 16.3. The number of phenols is 1. The normalized spacial score (nSPS) is 12.3. The van der Waals surface area contributed by atoms with E-state index >= 15 is 0 Å². The molecular formula is C38H45N3O5. The molecule has 4 rings (SSSR count). The van der Waals surface area contributed by atoms with Gasteiger partial charge in [0.05, 0.1) is 19.1 Å². The van der Waals surface area contributed by atoms with Crippen molar-refractivity contribution in [3.8, 4) is 5.75 Å². The monoisotopic (exact) mass is 623 g/mol. The molecule has 0 heterocycles. The molecule has 8 heteroatoms. The van der Waals surface area contributed by atoms with E-state index in [1.165, 1.54) is 17.2 Å². The van der Waals surface area contributed by atoms with E-state index in [9.17, 15) is 24.9 Å². The number of benzene rings is 4. The molecule has 2 amide bonds. The maximum atomic E-state index is 12.7. The molecular weight excluding hydrogens is 578 g/mol. The van der Waals surface area contributed by atoms with Crippen molar-refractivity contribution in [2.24, 2.45) is 0 Å². The average Bonchev–Trinajstić information content (AvgIpc) is 3.07. The number of hydrogen-bond donors (Lipinski definition) is 6. The summed E-state index contributed by atoms with van der Waals surface area (Å²) in [6.45, 7) is 5.12. The molecule has 4 aromatic rings. The Morgan fingerprint density at radius 1 is 0.804 bits per heavy atom. The van der Waals surface area contributed by atoms with E-state index in [1.54, 1.807) is 24.3 Å². The first-order chi connectivity index (χ1) is 22.2. The van der Waals surface area contributed by atoms with E-state index in [2.05, 4.69) is 47.1 Å². The number of aryl methyl sites for hydroxylation is 1. The lowest BCUT2D eigenvalue weighted by Crippen LogP contribution is -2.32. The first-order valence-electron chi connectivity index (χ1n) is 15.9. The van der Waals surface area contributed by atoms with Crippen molar-refractivity contribution in [2.45, 2.75) is 64.8 Å². The van der Waals surface area contributed by atoms with Crippen LogP contribution in [0.1, 0.15) is 69.3 Å². The lowest BCUT2D eigenvalue weighted by Gasteiger charge is -2.18. The van der Waals surface area contributed by atoms with Crippen LogP contribution in [0.2, 0.25) is 0 Å². The number of amides is 2. The Morgan fingerprint density at radius 3 is 2.22 bits per heavy atom. The van der Waals surface area contributed by atoms with Gasteiger partial charge in [-0.25, -0.2) is 0 Å². The van der Waals surface area contributed by atoms with Gasteiger partial charge < -0.3 is 31.3 Å². The van der Waals surface area contributed by atoms with Gasteiger partial charge in [0.2, 0.25) is 5.91 Å². The third-order valence-electron chi connectivity index (χ3n) is 8.05. The van der Waals surface area contributed by atoms with Crippen molar-refractivity contribution in [3.05, 3.63) is 136 Å². The summed E-state index contributed by atoms with van der Waals surface area (Å²) >= 11 is 0. The minimum Gasteiger partial charge on any atom is -0.508 e. The van der Waals surface area contributed by atoms with Crippen LogP contribution in [0.15, 0.2) is 91.0 Å². The number of aromatic hydroxyl groups is 1. The van der Waals surface area contributed by atoms with Gasteiger partial charge in [0.15, 0.2) is 0 Å². The number of carbonyl (C=O) groups is 2. The number of hydrogen-bond acceptors (Lipinski definition) is 6. The molecule has 242 valence electrons. The Kier molecular flexibility index (Phi) is 12.9. The molecule has 0 saturated carbocycles. The van der Waals surface area contributed by atoms with Gasteiger partial charge in [0.1, 0.15) is 5.75 Å². The summed E-state index contributed by atoms with van der Waals surface area (Å²) in [6.07, 6.45) is 1.97. The highest BCUT2D eigenvalue weighted by molar-refractivity contribution is 5.94. The van der Waals surface area contributed by atoms with E-state index < -0.39 is 6.10 Å². The Bertz CT molecular complexity index is 1570. The molecule has 0 aliphatic rings. The molecule has 1 unspecified atom stereocenters. The number of aliphatic hydroxyl groups excluding tert-OH is 2. The van der Waals surface area contributed by atoms with Crippen molar-refractivity contribution < 1.29 is 24.9 Å². The van der Waals surface area contributed by atoms with Gasteiger partial charge in [-0.3, -0.25) is 9.59 Å². The van der Waals surface area contributed by atoms with Gasteiger partial charge in [-0.05, 0) is 83.8 Å². The Morgan fingerprint density at radius 2 is 1.50 bits per heavy atom. The van der Waals surface area contributed by atoms with Gasteiger partial charge in [-0.1, -0.05) is 73.7 Å². The minimum atomic E-state index is -0.782. The average molecular weight is 624 g/mol. The van der Waals surface area contributed by atoms with Gasteiger partial charge in [0.25, 0.3) is 5.91 Å². The van der Waals surface area contributed by atoms with Crippen LogP contribution < -0.4 is 16.0 Å². The van der Waals surface area contributed by atoms with E-state index in [-0.39, 0.29) is 36.6 Å². The maximum Gasteiger partial charge on any atom is 0.251 e. The van der Waals surface area contributed by atoms with Crippen molar-refractivity contribution in [3.63, 3.8) is 0 Å². The molecule has 8 nitrogen and oxygen atoms in total. The van der Waals surface area contributed by atoms with Gasteiger partial charge >= 0.3 is 0 Å². The summed E-state index contributed by atoms with van der Waals surface area (Å²) in [5, 5.41) is 38.9. The first-order valence-corrected chi connectivity index (χ1v) is 15.9. The molecule has 0 aliphatic carbocycles. The third-order valence-corrected chi connectivity index (χ3v) is 8.05. The predicted octanol–water partition coefficient (Wildman–Crippen LogP) is 4.53. The fourth-order valence-corrected chi connectivity index (χ4v) is 5.25. The Hall–Kier alpha value is -4.50.